The van der Waals surface area contributed by atoms with E-state index in [-0.39, 0.29) is 10.6 Å². The van der Waals surface area contributed by atoms with Crippen LogP contribution in [-0.2, 0) is 0 Å². The number of benzene rings is 1. The first-order chi connectivity index (χ1) is 11.2. The molecule has 0 saturated carbocycles. The summed E-state index contributed by atoms with van der Waals surface area (Å²) in [5.74, 6) is 0.657. The van der Waals surface area contributed by atoms with Crippen LogP contribution in [0.3, 0.4) is 0 Å². The summed E-state index contributed by atoms with van der Waals surface area (Å²) in [5.41, 5.74) is 0.845. The van der Waals surface area contributed by atoms with Crippen LogP contribution >= 0.6 is 0 Å². The highest BCUT2D eigenvalue weighted by atomic mass is 16.6. The maximum atomic E-state index is 11.1. The van der Waals surface area contributed by atoms with E-state index >= 15 is 0 Å². The Kier molecular flexibility index (Phi) is 7.05. The van der Waals surface area contributed by atoms with Gasteiger partial charge in [-0.25, -0.2) is 0 Å². The van der Waals surface area contributed by atoms with Crippen molar-refractivity contribution < 1.29 is 9.66 Å². The summed E-state index contributed by atoms with van der Waals surface area (Å²) in [6, 6.07) is 4.72. The maximum absolute atomic E-state index is 11.1. The van der Waals surface area contributed by atoms with E-state index in [0.717, 1.165) is 58.0 Å². The van der Waals surface area contributed by atoms with E-state index in [0.29, 0.717) is 5.75 Å². The zero-order chi connectivity index (χ0) is 16.5. The molecule has 1 saturated heterocycles. The summed E-state index contributed by atoms with van der Waals surface area (Å²) in [7, 11) is 1.59. The molecule has 0 atom stereocenters. The van der Waals surface area contributed by atoms with Gasteiger partial charge in [0.1, 0.15) is 5.75 Å². The number of ether oxygens (including phenoxy) is 1. The van der Waals surface area contributed by atoms with Gasteiger partial charge in [-0.05, 0) is 6.07 Å². The van der Waals surface area contributed by atoms with E-state index in [2.05, 4.69) is 20.9 Å². The lowest BCUT2D eigenvalue weighted by Gasteiger charge is -2.27. The molecule has 0 spiro atoms. The molecule has 1 heterocycles. The predicted octanol–water partition coefficient (Wildman–Crippen LogP) is 0.192. The van der Waals surface area contributed by atoms with Crippen molar-refractivity contribution in [1.29, 1.82) is 0 Å². The number of hydrogen-bond acceptors (Lipinski definition) is 7. The smallest absolute Gasteiger partial charge is 0.271 e. The Bertz CT molecular complexity index is 500. The fourth-order valence-corrected chi connectivity index (χ4v) is 2.55. The van der Waals surface area contributed by atoms with Crippen LogP contribution in [0.2, 0.25) is 0 Å². The van der Waals surface area contributed by atoms with Crippen LogP contribution in [0.25, 0.3) is 0 Å². The van der Waals surface area contributed by atoms with E-state index in [1.165, 1.54) is 6.07 Å². The van der Waals surface area contributed by atoms with Crippen LogP contribution in [0.5, 0.6) is 5.75 Å². The quantitative estimate of drug-likeness (QED) is 0.540. The Balaban J connectivity index is 2.16. The molecule has 3 N–H and O–H groups in total. The highest BCUT2D eigenvalue weighted by molar-refractivity contribution is 5.63. The van der Waals surface area contributed by atoms with Crippen LogP contribution in [0.1, 0.15) is 0 Å². The van der Waals surface area contributed by atoms with E-state index in [1.54, 1.807) is 19.2 Å². The Hall–Kier alpha value is -1.90. The van der Waals surface area contributed by atoms with Crippen molar-refractivity contribution in [2.75, 3.05) is 64.4 Å². The summed E-state index contributed by atoms with van der Waals surface area (Å²) >= 11 is 0. The van der Waals surface area contributed by atoms with Gasteiger partial charge >= 0.3 is 0 Å². The molecule has 1 aromatic carbocycles. The largest absolute Gasteiger partial charge is 0.495 e. The second kappa shape index (κ2) is 9.29. The lowest BCUT2D eigenvalue weighted by Crippen LogP contribution is -2.42. The monoisotopic (exact) mass is 323 g/mol. The predicted molar refractivity (Wildman–Crippen MR) is 90.5 cm³/mol. The van der Waals surface area contributed by atoms with Crippen LogP contribution in [0, 0.1) is 10.1 Å². The normalized spacial score (nSPS) is 17.9. The Morgan fingerprint density at radius 1 is 1.04 bits per heavy atom. The molecule has 0 bridgehead atoms. The SMILES string of the molecule is COc1ccc([N+](=O)[O-])cc1N1CCNCCNCCNCC1. The van der Waals surface area contributed by atoms with E-state index in [4.69, 9.17) is 4.74 Å². The van der Waals surface area contributed by atoms with Crippen molar-refractivity contribution in [2.24, 2.45) is 0 Å². The summed E-state index contributed by atoms with van der Waals surface area (Å²) in [6.07, 6.45) is 0. The van der Waals surface area contributed by atoms with Gasteiger partial charge in [0.25, 0.3) is 5.69 Å². The molecule has 128 valence electrons. The highest BCUT2D eigenvalue weighted by Crippen LogP contribution is 2.31. The van der Waals surface area contributed by atoms with Crippen molar-refractivity contribution in [3.8, 4) is 5.75 Å². The van der Waals surface area contributed by atoms with Gasteiger partial charge < -0.3 is 25.6 Å². The molecule has 1 fully saturated rings. The lowest BCUT2D eigenvalue weighted by molar-refractivity contribution is -0.384. The van der Waals surface area contributed by atoms with Gasteiger partial charge in [-0.3, -0.25) is 10.1 Å². The molecule has 0 aromatic heterocycles. The molecule has 1 aliphatic heterocycles. The molecule has 0 amide bonds. The summed E-state index contributed by atoms with van der Waals surface area (Å²) in [6.45, 7) is 6.82. The van der Waals surface area contributed by atoms with Gasteiger partial charge in [-0.1, -0.05) is 0 Å². The molecule has 0 unspecified atom stereocenters. The molecule has 1 aromatic rings. The summed E-state index contributed by atoms with van der Waals surface area (Å²) < 4.78 is 5.39. The first-order valence-corrected chi connectivity index (χ1v) is 7.92. The minimum absolute atomic E-state index is 0.0806. The molecular weight excluding hydrogens is 298 g/mol. The van der Waals surface area contributed by atoms with Gasteiger partial charge in [0, 0.05) is 64.5 Å². The van der Waals surface area contributed by atoms with E-state index in [9.17, 15) is 10.1 Å². The van der Waals surface area contributed by atoms with Gasteiger partial charge in [0.05, 0.1) is 17.7 Å². The molecule has 1 aliphatic rings. The number of methoxy groups -OCH3 is 1. The summed E-state index contributed by atoms with van der Waals surface area (Å²) in [5, 5.41) is 21.2. The second-order valence-electron chi connectivity index (χ2n) is 5.35. The topological polar surface area (TPSA) is 91.7 Å². The molecule has 8 nitrogen and oxygen atoms in total. The second-order valence-corrected chi connectivity index (χ2v) is 5.35. The number of hydrogen-bond donors (Lipinski definition) is 3. The molecule has 0 aliphatic carbocycles. The molecule has 8 heteroatoms. The van der Waals surface area contributed by atoms with Crippen molar-refractivity contribution in [3.63, 3.8) is 0 Å². The number of nitrogens with one attached hydrogen (secondary N) is 3. The van der Waals surface area contributed by atoms with E-state index in [1.807, 2.05) is 0 Å². The average molecular weight is 323 g/mol. The van der Waals surface area contributed by atoms with Gasteiger partial charge in [-0.15, -0.1) is 0 Å². The maximum Gasteiger partial charge on any atom is 0.271 e. The highest BCUT2D eigenvalue weighted by Gasteiger charge is 2.17. The molecule has 23 heavy (non-hydrogen) atoms. The average Bonchev–Trinajstić information content (AvgIpc) is 2.55. The van der Waals surface area contributed by atoms with Gasteiger partial charge in [0.2, 0.25) is 0 Å². The van der Waals surface area contributed by atoms with Crippen LogP contribution in [0.4, 0.5) is 11.4 Å². The Labute approximate surface area is 136 Å². The summed E-state index contributed by atoms with van der Waals surface area (Å²) in [4.78, 5) is 12.8. The molecule has 0 radical (unpaired) electrons. The van der Waals surface area contributed by atoms with Crippen LogP contribution in [-0.4, -0.2) is 64.4 Å². The van der Waals surface area contributed by atoms with Crippen molar-refractivity contribution in [3.05, 3.63) is 28.3 Å². The third-order valence-corrected chi connectivity index (χ3v) is 3.79. The van der Waals surface area contributed by atoms with Crippen molar-refractivity contribution >= 4 is 11.4 Å². The van der Waals surface area contributed by atoms with Gasteiger partial charge in [-0.2, -0.15) is 0 Å². The zero-order valence-corrected chi connectivity index (χ0v) is 13.5. The van der Waals surface area contributed by atoms with Crippen LogP contribution < -0.4 is 25.6 Å². The standard InChI is InChI=1S/C15H25N5O3/c1-23-15-3-2-13(20(21)22)12-14(15)19-10-8-17-6-4-16-5-7-18-9-11-19/h2-3,12,16-18H,4-11H2,1H3. The third kappa shape index (κ3) is 5.34. The number of anilines is 1. The first kappa shape index (κ1) is 17.5. The minimum Gasteiger partial charge on any atom is -0.495 e. The number of nitro groups is 1. The minimum atomic E-state index is -0.373. The fraction of sp³-hybridized carbons (Fsp3) is 0.600. The Morgan fingerprint density at radius 2 is 1.61 bits per heavy atom. The van der Waals surface area contributed by atoms with E-state index < -0.39 is 0 Å². The van der Waals surface area contributed by atoms with Crippen molar-refractivity contribution in [1.82, 2.24) is 16.0 Å². The molecular formula is C15H25N5O3. The number of nitro benzene ring substituents is 1. The number of nitrogens with zero attached hydrogens (tertiary/aromatic N) is 2. The first-order valence-electron chi connectivity index (χ1n) is 7.92. The molecule has 2 rings (SSSR count). The third-order valence-electron chi connectivity index (χ3n) is 3.79. The fourth-order valence-electron chi connectivity index (χ4n) is 2.55. The van der Waals surface area contributed by atoms with Crippen molar-refractivity contribution in [2.45, 2.75) is 0 Å². The lowest BCUT2D eigenvalue weighted by atomic mass is 10.2. The zero-order valence-electron chi connectivity index (χ0n) is 13.5. The Morgan fingerprint density at radius 3 is 2.13 bits per heavy atom. The number of rotatable bonds is 3. The number of non-ortho nitro benzene ring substituents is 1. The van der Waals surface area contributed by atoms with Crippen LogP contribution in [0.15, 0.2) is 18.2 Å². The van der Waals surface area contributed by atoms with Gasteiger partial charge in [0.15, 0.2) is 0 Å².